The molecule has 0 aromatic carbocycles. The van der Waals surface area contributed by atoms with Crippen LogP contribution in [0.25, 0.3) is 0 Å². The maximum Gasteiger partial charge on any atom is 0.191 e. The molecule has 2 aromatic rings. The van der Waals surface area contributed by atoms with E-state index in [9.17, 15) is 4.39 Å². The molecule has 2 aromatic heterocycles. The van der Waals surface area contributed by atoms with Crippen molar-refractivity contribution in [1.82, 2.24) is 20.5 Å². The molecule has 0 saturated carbocycles. The van der Waals surface area contributed by atoms with E-state index in [-0.39, 0.29) is 11.9 Å². The quantitative estimate of drug-likeness (QED) is 0.593. The summed E-state index contributed by atoms with van der Waals surface area (Å²) >= 11 is 1.87. The lowest BCUT2D eigenvalue weighted by molar-refractivity contribution is 0.260. The van der Waals surface area contributed by atoms with Crippen LogP contribution in [0.4, 0.5) is 10.2 Å². The fourth-order valence-corrected chi connectivity index (χ4v) is 4.79. The minimum Gasteiger partial charge on any atom is -0.355 e. The number of halogens is 1. The average molecular weight is 403 g/mol. The van der Waals surface area contributed by atoms with Crippen molar-refractivity contribution in [3.63, 3.8) is 0 Å². The van der Waals surface area contributed by atoms with Crippen molar-refractivity contribution in [2.75, 3.05) is 44.7 Å². The van der Waals surface area contributed by atoms with Gasteiger partial charge in [-0.05, 0) is 42.0 Å². The molecule has 0 radical (unpaired) electrons. The van der Waals surface area contributed by atoms with Crippen LogP contribution in [0.2, 0.25) is 0 Å². The van der Waals surface area contributed by atoms with Gasteiger partial charge in [-0.25, -0.2) is 9.37 Å². The van der Waals surface area contributed by atoms with Gasteiger partial charge in [-0.3, -0.25) is 9.89 Å². The lowest BCUT2D eigenvalue weighted by atomic mass is 10.1. The van der Waals surface area contributed by atoms with Crippen LogP contribution in [-0.4, -0.2) is 61.7 Å². The first kappa shape index (κ1) is 19.1. The van der Waals surface area contributed by atoms with Crippen molar-refractivity contribution in [2.45, 2.75) is 25.4 Å². The van der Waals surface area contributed by atoms with Gasteiger partial charge in [0.15, 0.2) is 17.6 Å². The first-order valence-electron chi connectivity index (χ1n) is 9.83. The molecule has 2 N–H and O–H groups in total. The van der Waals surface area contributed by atoms with Gasteiger partial charge in [0, 0.05) is 63.4 Å². The van der Waals surface area contributed by atoms with Crippen LogP contribution in [0.1, 0.15) is 16.9 Å². The fourth-order valence-electron chi connectivity index (χ4n) is 3.90. The first-order chi connectivity index (χ1) is 13.7. The number of thiophene rings is 1. The smallest absolute Gasteiger partial charge is 0.191 e. The van der Waals surface area contributed by atoms with Crippen molar-refractivity contribution >= 4 is 23.1 Å². The van der Waals surface area contributed by atoms with E-state index in [2.05, 4.69) is 37.0 Å². The van der Waals surface area contributed by atoms with Gasteiger partial charge >= 0.3 is 0 Å². The molecule has 6 nitrogen and oxygen atoms in total. The zero-order valence-electron chi connectivity index (χ0n) is 16.2. The van der Waals surface area contributed by atoms with Crippen molar-refractivity contribution in [3.05, 3.63) is 46.0 Å². The molecule has 4 heterocycles. The molecule has 0 bridgehead atoms. The zero-order chi connectivity index (χ0) is 19.3. The van der Waals surface area contributed by atoms with Crippen LogP contribution in [0, 0.1) is 5.82 Å². The molecular formula is C20H27FN6S. The summed E-state index contributed by atoms with van der Waals surface area (Å²) in [7, 11) is 1.79. The molecule has 2 aliphatic rings. The number of rotatable bonds is 5. The van der Waals surface area contributed by atoms with Crippen LogP contribution in [0.15, 0.2) is 34.8 Å². The lowest BCUT2D eigenvalue weighted by Crippen LogP contribution is -2.47. The average Bonchev–Trinajstić information content (AvgIpc) is 3.36. The highest BCUT2D eigenvalue weighted by Gasteiger charge is 2.26. The molecule has 1 saturated heterocycles. The Morgan fingerprint density at radius 2 is 2.32 bits per heavy atom. The van der Waals surface area contributed by atoms with Crippen LogP contribution in [0.5, 0.6) is 0 Å². The lowest BCUT2D eigenvalue weighted by Gasteiger charge is -2.27. The van der Waals surface area contributed by atoms with Gasteiger partial charge in [-0.2, -0.15) is 0 Å². The number of hydrogen-bond acceptors (Lipinski definition) is 5. The van der Waals surface area contributed by atoms with Crippen LogP contribution < -0.4 is 15.5 Å². The van der Waals surface area contributed by atoms with Crippen molar-refractivity contribution in [1.29, 1.82) is 0 Å². The van der Waals surface area contributed by atoms with Crippen LogP contribution in [0.3, 0.4) is 0 Å². The number of anilines is 1. The number of nitrogens with one attached hydrogen (secondary N) is 2. The minimum absolute atomic E-state index is 0.232. The number of aliphatic imine (C=N–C) groups is 1. The maximum atomic E-state index is 13.9. The van der Waals surface area contributed by atoms with E-state index in [4.69, 9.17) is 0 Å². The fraction of sp³-hybridized carbons (Fsp3) is 0.500. The third kappa shape index (κ3) is 4.44. The molecule has 150 valence electrons. The molecule has 2 aliphatic heterocycles. The van der Waals surface area contributed by atoms with E-state index in [1.54, 1.807) is 19.3 Å². The van der Waals surface area contributed by atoms with E-state index < -0.39 is 0 Å². The highest BCUT2D eigenvalue weighted by Crippen LogP contribution is 2.23. The summed E-state index contributed by atoms with van der Waals surface area (Å²) in [4.78, 5) is 14.5. The first-order valence-corrected chi connectivity index (χ1v) is 10.7. The van der Waals surface area contributed by atoms with E-state index in [0.29, 0.717) is 5.82 Å². The summed E-state index contributed by atoms with van der Waals surface area (Å²) in [5.41, 5.74) is 1.48. The standard InChI is InChI=1S/C20H27FN6S/c1-22-20(24-8-11-26-9-5-18-15(13-26)6-12-28-18)25-16-4-10-27(14-16)19-17(21)3-2-7-23-19/h2-3,6-7,12,16H,4-5,8-11,13-14H2,1H3,(H2,22,24,25). The second-order valence-electron chi connectivity index (χ2n) is 7.28. The van der Waals surface area contributed by atoms with Gasteiger partial charge in [0.25, 0.3) is 0 Å². The summed E-state index contributed by atoms with van der Waals surface area (Å²) in [5.74, 6) is 0.982. The van der Waals surface area contributed by atoms with Crippen molar-refractivity contribution in [3.8, 4) is 0 Å². The Labute approximate surface area is 169 Å². The van der Waals surface area contributed by atoms with Crippen LogP contribution in [-0.2, 0) is 13.0 Å². The second kappa shape index (κ2) is 8.87. The number of hydrogen-bond donors (Lipinski definition) is 2. The summed E-state index contributed by atoms with van der Waals surface area (Å²) in [6, 6.07) is 5.56. The number of fused-ring (bicyclic) bond motifs is 1. The van der Waals surface area contributed by atoms with Gasteiger partial charge in [0.05, 0.1) is 0 Å². The SMILES string of the molecule is CN=C(NCCN1CCc2sccc2C1)NC1CCN(c2ncccc2F)C1. The topological polar surface area (TPSA) is 55.8 Å². The van der Waals surface area contributed by atoms with E-state index in [1.807, 2.05) is 16.2 Å². The minimum atomic E-state index is -0.263. The van der Waals surface area contributed by atoms with E-state index >= 15 is 0 Å². The molecule has 0 amide bonds. The van der Waals surface area contributed by atoms with Crippen molar-refractivity contribution in [2.24, 2.45) is 4.99 Å². The number of pyridine rings is 1. The number of aromatic nitrogens is 1. The molecule has 1 unspecified atom stereocenters. The normalized spacial score (nSPS) is 20.3. The Hall–Kier alpha value is -2.19. The molecule has 4 rings (SSSR count). The molecule has 0 spiro atoms. The van der Waals surface area contributed by atoms with E-state index in [0.717, 1.165) is 58.1 Å². The molecule has 1 fully saturated rings. The summed E-state index contributed by atoms with van der Waals surface area (Å²) in [6.45, 7) is 5.52. The predicted octanol–water partition coefficient (Wildman–Crippen LogP) is 2.08. The van der Waals surface area contributed by atoms with Crippen LogP contribution >= 0.6 is 11.3 Å². The Morgan fingerprint density at radius 1 is 1.39 bits per heavy atom. The zero-order valence-corrected chi connectivity index (χ0v) is 17.0. The van der Waals surface area contributed by atoms with Gasteiger partial charge in [-0.1, -0.05) is 0 Å². The number of guanidine groups is 1. The van der Waals surface area contributed by atoms with Gasteiger partial charge in [0.1, 0.15) is 0 Å². The summed E-state index contributed by atoms with van der Waals surface area (Å²) < 4.78 is 13.9. The highest BCUT2D eigenvalue weighted by molar-refractivity contribution is 7.10. The molecular weight excluding hydrogens is 375 g/mol. The largest absolute Gasteiger partial charge is 0.355 e. The third-order valence-corrected chi connectivity index (χ3v) is 6.42. The van der Waals surface area contributed by atoms with Gasteiger partial charge < -0.3 is 15.5 Å². The Morgan fingerprint density at radius 3 is 3.18 bits per heavy atom. The van der Waals surface area contributed by atoms with Crippen molar-refractivity contribution < 1.29 is 4.39 Å². The molecule has 8 heteroatoms. The Kier molecular flexibility index (Phi) is 6.07. The van der Waals surface area contributed by atoms with Gasteiger partial charge in [-0.15, -0.1) is 11.3 Å². The molecule has 0 aliphatic carbocycles. The second-order valence-corrected chi connectivity index (χ2v) is 8.28. The summed E-state index contributed by atoms with van der Waals surface area (Å²) in [5, 5.41) is 9.08. The summed E-state index contributed by atoms with van der Waals surface area (Å²) in [6.07, 6.45) is 3.73. The maximum absolute atomic E-state index is 13.9. The highest BCUT2D eigenvalue weighted by atomic mass is 32.1. The number of nitrogens with zero attached hydrogens (tertiary/aromatic N) is 4. The molecule has 1 atom stereocenters. The Bertz CT molecular complexity index is 823. The van der Waals surface area contributed by atoms with Gasteiger partial charge in [0.2, 0.25) is 0 Å². The monoisotopic (exact) mass is 402 g/mol. The molecule has 28 heavy (non-hydrogen) atoms. The third-order valence-electron chi connectivity index (χ3n) is 5.40. The Balaban J connectivity index is 1.22. The van der Waals surface area contributed by atoms with E-state index in [1.165, 1.54) is 16.5 Å². The predicted molar refractivity (Wildman–Crippen MR) is 113 cm³/mol.